The number of aliphatic carboxylic acids is 1. The van der Waals surface area contributed by atoms with E-state index in [-0.39, 0.29) is 18.0 Å². The first kappa shape index (κ1) is 25.7. The van der Waals surface area contributed by atoms with E-state index in [2.05, 4.69) is 26.3 Å². The number of aliphatic hydroxyl groups is 1. The Hall–Kier alpha value is -2.50. The SMILES string of the molecule is CC(C)O.C[C@H]([NH3+])C(=O)N[C@@H](Cc1cnc[nH]1)C(=O)N[C@@H](C)C(=O)[O-].O. The second kappa shape index (κ2) is 12.8. The second-order valence-corrected chi connectivity index (χ2v) is 5.89. The predicted molar refractivity (Wildman–Crippen MR) is 90.2 cm³/mol. The number of carboxylic acid groups (broad SMARTS) is 1. The Morgan fingerprint density at radius 2 is 1.77 bits per heavy atom. The summed E-state index contributed by atoms with van der Waals surface area (Å²) < 4.78 is 0. The fraction of sp³-hybridized carbons (Fsp3) is 0.600. The van der Waals surface area contributed by atoms with E-state index in [0.717, 1.165) is 0 Å². The molecule has 26 heavy (non-hydrogen) atoms. The van der Waals surface area contributed by atoms with Crippen molar-refractivity contribution in [2.45, 2.75) is 58.3 Å². The third kappa shape index (κ3) is 11.1. The van der Waals surface area contributed by atoms with E-state index >= 15 is 0 Å². The van der Waals surface area contributed by atoms with E-state index in [1.807, 2.05) is 0 Å². The predicted octanol–water partition coefficient (Wildman–Crippen LogP) is -4.12. The van der Waals surface area contributed by atoms with Gasteiger partial charge in [-0.3, -0.25) is 9.59 Å². The monoisotopic (exact) mass is 375 g/mol. The Balaban J connectivity index is 0. The molecular formula is C15H29N5O6. The minimum Gasteiger partial charge on any atom is -0.548 e. The number of aliphatic hydroxyl groups excluding tert-OH is 1. The van der Waals surface area contributed by atoms with E-state index in [9.17, 15) is 19.5 Å². The van der Waals surface area contributed by atoms with E-state index in [4.69, 9.17) is 5.11 Å². The minimum atomic E-state index is -1.40. The summed E-state index contributed by atoms with van der Waals surface area (Å²) in [6.07, 6.45) is 2.95. The summed E-state index contributed by atoms with van der Waals surface area (Å²) in [5.74, 6) is -2.42. The van der Waals surface area contributed by atoms with Gasteiger partial charge in [0, 0.05) is 24.4 Å². The molecule has 2 amide bonds. The molecule has 11 heteroatoms. The van der Waals surface area contributed by atoms with Crippen molar-refractivity contribution in [3.8, 4) is 0 Å². The standard InChI is InChI=1S/C12H19N5O4.C3H8O.H2O/c1-6(13)10(18)17-9(3-8-4-14-5-15-8)11(19)16-7(2)12(20)21;1-3(2)4;/h4-7,9H,3,13H2,1-2H3,(H,14,15)(H,16,19)(H,17,18)(H,20,21);3-4H,1-2H3;1H2/t6-,7-,9-;;/m0../s1. The maximum atomic E-state index is 12.1. The highest BCUT2D eigenvalue weighted by molar-refractivity contribution is 5.91. The summed E-state index contributed by atoms with van der Waals surface area (Å²) in [4.78, 5) is 41.1. The van der Waals surface area contributed by atoms with Crippen LogP contribution in [0, 0.1) is 0 Å². The van der Waals surface area contributed by atoms with Crippen LogP contribution in [0.25, 0.3) is 0 Å². The number of aromatic amines is 1. The lowest BCUT2D eigenvalue weighted by Crippen LogP contribution is -2.67. The average Bonchev–Trinajstić information content (AvgIpc) is 2.98. The molecule has 1 aromatic heterocycles. The van der Waals surface area contributed by atoms with Crippen molar-refractivity contribution in [2.75, 3.05) is 0 Å². The number of carbonyl (C=O) groups is 3. The molecule has 0 aliphatic rings. The Morgan fingerprint density at radius 3 is 2.15 bits per heavy atom. The number of carbonyl (C=O) groups excluding carboxylic acids is 3. The van der Waals surface area contributed by atoms with E-state index < -0.39 is 35.9 Å². The van der Waals surface area contributed by atoms with Gasteiger partial charge in [0.2, 0.25) is 5.91 Å². The lowest BCUT2D eigenvalue weighted by Gasteiger charge is -2.21. The fourth-order valence-corrected chi connectivity index (χ4v) is 1.51. The lowest BCUT2D eigenvalue weighted by molar-refractivity contribution is -0.398. The van der Waals surface area contributed by atoms with Crippen LogP contribution in [-0.4, -0.2) is 62.6 Å². The van der Waals surface area contributed by atoms with Crippen molar-refractivity contribution in [3.63, 3.8) is 0 Å². The Morgan fingerprint density at radius 1 is 1.23 bits per heavy atom. The molecule has 1 heterocycles. The van der Waals surface area contributed by atoms with Gasteiger partial charge < -0.3 is 41.8 Å². The van der Waals surface area contributed by atoms with Crippen molar-refractivity contribution in [1.29, 1.82) is 0 Å². The molecule has 150 valence electrons. The molecule has 11 nitrogen and oxygen atoms in total. The van der Waals surface area contributed by atoms with Gasteiger partial charge in [-0.2, -0.15) is 0 Å². The number of rotatable bonds is 7. The van der Waals surface area contributed by atoms with Crippen LogP contribution in [0.1, 0.15) is 33.4 Å². The number of hydrogen-bond donors (Lipinski definition) is 5. The number of carboxylic acids is 1. The number of quaternary nitrogens is 1. The van der Waals surface area contributed by atoms with Gasteiger partial charge in [0.15, 0.2) is 6.04 Å². The van der Waals surface area contributed by atoms with E-state index in [1.165, 1.54) is 19.4 Å². The van der Waals surface area contributed by atoms with E-state index in [0.29, 0.717) is 5.69 Å². The molecule has 0 fully saturated rings. The van der Waals surface area contributed by atoms with Crippen LogP contribution in [0.4, 0.5) is 0 Å². The molecule has 0 aliphatic carbocycles. The van der Waals surface area contributed by atoms with Gasteiger partial charge in [0.05, 0.1) is 18.3 Å². The maximum absolute atomic E-state index is 12.1. The normalized spacial score (nSPS) is 13.3. The zero-order valence-electron chi connectivity index (χ0n) is 15.4. The second-order valence-electron chi connectivity index (χ2n) is 5.89. The van der Waals surface area contributed by atoms with Crippen LogP contribution in [0.5, 0.6) is 0 Å². The number of hydrogen-bond acceptors (Lipinski definition) is 6. The maximum Gasteiger partial charge on any atom is 0.278 e. The molecule has 0 saturated carbocycles. The largest absolute Gasteiger partial charge is 0.548 e. The number of imidazole rings is 1. The molecule has 0 bridgehead atoms. The molecule has 9 N–H and O–H groups in total. The zero-order chi connectivity index (χ0) is 19.6. The van der Waals surface area contributed by atoms with Gasteiger partial charge >= 0.3 is 0 Å². The van der Waals surface area contributed by atoms with Crippen molar-refractivity contribution in [2.24, 2.45) is 0 Å². The Kier molecular flexibility index (Phi) is 12.7. The molecule has 0 aromatic carbocycles. The molecule has 1 rings (SSSR count). The van der Waals surface area contributed by atoms with Crippen LogP contribution in [-0.2, 0) is 20.8 Å². The fourth-order valence-electron chi connectivity index (χ4n) is 1.51. The summed E-state index contributed by atoms with van der Waals surface area (Å²) in [6, 6.07) is -2.62. The van der Waals surface area contributed by atoms with Crippen LogP contribution < -0.4 is 21.5 Å². The van der Waals surface area contributed by atoms with Gasteiger partial charge in [-0.05, 0) is 27.7 Å². The zero-order valence-corrected chi connectivity index (χ0v) is 15.4. The molecule has 0 unspecified atom stereocenters. The average molecular weight is 375 g/mol. The molecule has 0 radical (unpaired) electrons. The van der Waals surface area contributed by atoms with Crippen LogP contribution in [0.2, 0.25) is 0 Å². The quantitative estimate of drug-likeness (QED) is 0.319. The molecule has 0 saturated heterocycles. The number of nitrogens with zero attached hydrogens (tertiary/aromatic N) is 1. The lowest BCUT2D eigenvalue weighted by atomic mass is 10.1. The topological polar surface area (TPSA) is 206 Å². The van der Waals surface area contributed by atoms with E-state index in [1.54, 1.807) is 20.8 Å². The first-order valence-corrected chi connectivity index (χ1v) is 7.84. The smallest absolute Gasteiger partial charge is 0.278 e. The third-order valence-corrected chi connectivity index (χ3v) is 2.77. The molecule has 0 aliphatic heterocycles. The van der Waals surface area contributed by atoms with Crippen molar-refractivity contribution in [3.05, 3.63) is 18.2 Å². The van der Waals surface area contributed by atoms with Gasteiger partial charge in [-0.1, -0.05) is 0 Å². The first-order chi connectivity index (χ1) is 11.5. The summed E-state index contributed by atoms with van der Waals surface area (Å²) in [7, 11) is 0. The first-order valence-electron chi connectivity index (χ1n) is 7.84. The number of nitrogens with one attached hydrogen (secondary N) is 3. The minimum absolute atomic E-state index is 0. The Bertz CT molecular complexity index is 544. The van der Waals surface area contributed by atoms with Crippen LogP contribution in [0.3, 0.4) is 0 Å². The highest BCUT2D eigenvalue weighted by atomic mass is 16.4. The summed E-state index contributed by atoms with van der Waals surface area (Å²) in [5, 5.41) is 23.5. The van der Waals surface area contributed by atoms with Gasteiger partial charge in [0.1, 0.15) is 6.04 Å². The van der Waals surface area contributed by atoms with Gasteiger partial charge in [-0.15, -0.1) is 0 Å². The van der Waals surface area contributed by atoms with Gasteiger partial charge in [0.25, 0.3) is 5.91 Å². The summed E-state index contributed by atoms with van der Waals surface area (Å²) in [5.41, 5.74) is 4.20. The van der Waals surface area contributed by atoms with Crippen LogP contribution in [0.15, 0.2) is 12.5 Å². The summed E-state index contributed by atoms with van der Waals surface area (Å²) >= 11 is 0. The molecule has 0 spiro atoms. The van der Waals surface area contributed by atoms with Crippen molar-refractivity contribution < 1.29 is 35.8 Å². The molecule has 3 atom stereocenters. The number of aromatic nitrogens is 2. The highest BCUT2D eigenvalue weighted by Gasteiger charge is 2.25. The molecule has 1 aromatic rings. The highest BCUT2D eigenvalue weighted by Crippen LogP contribution is 2.00. The van der Waals surface area contributed by atoms with Crippen molar-refractivity contribution in [1.82, 2.24) is 20.6 Å². The molecular weight excluding hydrogens is 346 g/mol. The Labute approximate surface area is 151 Å². The van der Waals surface area contributed by atoms with Crippen molar-refractivity contribution >= 4 is 17.8 Å². The third-order valence-electron chi connectivity index (χ3n) is 2.77. The van der Waals surface area contributed by atoms with Gasteiger partial charge in [-0.25, -0.2) is 4.98 Å². The summed E-state index contributed by atoms with van der Waals surface area (Å²) in [6.45, 7) is 6.32. The number of H-pyrrole nitrogens is 1. The van der Waals surface area contributed by atoms with Crippen LogP contribution >= 0.6 is 0 Å². The number of amides is 2.